The molecule has 1 unspecified atom stereocenters. The summed E-state index contributed by atoms with van der Waals surface area (Å²) in [4.78, 5) is 13.4. The van der Waals surface area contributed by atoms with Gasteiger partial charge in [-0.15, -0.1) is 0 Å². The van der Waals surface area contributed by atoms with Crippen molar-refractivity contribution in [2.75, 3.05) is 32.7 Å². The van der Waals surface area contributed by atoms with E-state index in [9.17, 15) is 23.1 Å². The van der Waals surface area contributed by atoms with Gasteiger partial charge in [-0.2, -0.15) is 13.2 Å². The van der Waals surface area contributed by atoms with Crippen LogP contribution in [0, 0.1) is 0 Å². The predicted molar refractivity (Wildman–Crippen MR) is 73.9 cm³/mol. The minimum absolute atomic E-state index is 0.265. The van der Waals surface area contributed by atoms with E-state index >= 15 is 0 Å². The summed E-state index contributed by atoms with van der Waals surface area (Å²) in [5.41, 5.74) is -3.96. The van der Waals surface area contributed by atoms with Crippen LogP contribution in [0.1, 0.15) is 12.5 Å². The number of anilines is 1. The van der Waals surface area contributed by atoms with E-state index in [1.165, 1.54) is 19.1 Å². The number of carbonyl (C=O) groups is 1. The summed E-state index contributed by atoms with van der Waals surface area (Å²) in [5, 5.41) is 10.1. The van der Waals surface area contributed by atoms with Gasteiger partial charge in [0.05, 0.1) is 13.7 Å². The Labute approximate surface area is 126 Å². The lowest BCUT2D eigenvalue weighted by molar-refractivity contribution is -0.268. The molecule has 1 aromatic carbocycles. The number of benzene rings is 1. The van der Waals surface area contributed by atoms with Gasteiger partial charge in [-0.3, -0.25) is 0 Å². The molecule has 1 rings (SSSR count). The van der Waals surface area contributed by atoms with Gasteiger partial charge in [-0.05, 0) is 19.1 Å². The van der Waals surface area contributed by atoms with Crippen LogP contribution in [0.4, 0.5) is 18.9 Å². The lowest BCUT2D eigenvalue weighted by Gasteiger charge is -2.30. The zero-order valence-corrected chi connectivity index (χ0v) is 12.7. The number of hydrogen-bond acceptors (Lipinski definition) is 5. The number of aliphatic hydroxyl groups is 1. The first kappa shape index (κ1) is 18.1. The molecule has 0 spiro atoms. The Kier molecular flexibility index (Phi) is 5.29. The first-order chi connectivity index (χ1) is 10.1. The highest BCUT2D eigenvalue weighted by Crippen LogP contribution is 2.44. The lowest BCUT2D eigenvalue weighted by Crippen LogP contribution is -2.50. The van der Waals surface area contributed by atoms with E-state index in [2.05, 4.69) is 4.74 Å². The molecule has 0 amide bonds. The number of ether oxygens (including phenoxy) is 2. The highest BCUT2D eigenvalue weighted by molar-refractivity contribution is 5.83. The molecule has 0 saturated heterocycles. The number of carbonyl (C=O) groups excluding carboxylic acids is 1. The Morgan fingerprint density at radius 3 is 2.32 bits per heavy atom. The molecule has 0 aliphatic rings. The molecule has 0 saturated carbocycles. The Balaban J connectivity index is 3.53. The first-order valence-electron chi connectivity index (χ1n) is 6.41. The highest BCUT2D eigenvalue weighted by Gasteiger charge is 2.63. The van der Waals surface area contributed by atoms with Crippen molar-refractivity contribution in [3.63, 3.8) is 0 Å². The van der Waals surface area contributed by atoms with Gasteiger partial charge in [0.25, 0.3) is 5.60 Å². The molecule has 8 heteroatoms. The van der Waals surface area contributed by atoms with E-state index in [1.807, 2.05) is 0 Å². The van der Waals surface area contributed by atoms with Crippen LogP contribution in [-0.2, 0) is 15.1 Å². The molecule has 22 heavy (non-hydrogen) atoms. The predicted octanol–water partition coefficient (Wildman–Crippen LogP) is 2.07. The molecule has 1 aromatic rings. The normalized spacial score (nSPS) is 14.2. The van der Waals surface area contributed by atoms with Gasteiger partial charge in [0, 0.05) is 31.4 Å². The van der Waals surface area contributed by atoms with Gasteiger partial charge in [0.1, 0.15) is 5.75 Å². The average molecular weight is 321 g/mol. The number of methoxy groups -OCH3 is 1. The third-order valence-electron chi connectivity index (χ3n) is 3.07. The minimum atomic E-state index is -5.26. The Morgan fingerprint density at radius 1 is 1.32 bits per heavy atom. The number of rotatable bonds is 5. The van der Waals surface area contributed by atoms with Crippen molar-refractivity contribution in [2.24, 2.45) is 0 Å². The van der Waals surface area contributed by atoms with Crippen LogP contribution < -0.4 is 9.64 Å². The standard InChI is InChI=1S/C14H18F3NO4/c1-5-22-12(19)13(20,14(15,16)17)10-7-6-9(18(2)3)8-11(10)21-4/h6-8,20H,5H2,1-4H3. The second-order valence-electron chi connectivity index (χ2n) is 4.71. The summed E-state index contributed by atoms with van der Waals surface area (Å²) < 4.78 is 49.3. The van der Waals surface area contributed by atoms with E-state index in [0.717, 1.165) is 13.2 Å². The summed E-state index contributed by atoms with van der Waals surface area (Å²) in [6, 6.07) is 3.64. The second kappa shape index (κ2) is 6.43. The molecule has 0 aliphatic carbocycles. The maximum Gasteiger partial charge on any atom is 0.432 e. The molecule has 124 valence electrons. The number of nitrogens with zero attached hydrogens (tertiary/aromatic N) is 1. The Morgan fingerprint density at radius 2 is 1.91 bits per heavy atom. The topological polar surface area (TPSA) is 59.0 Å². The molecule has 0 aliphatic heterocycles. The van der Waals surface area contributed by atoms with Crippen molar-refractivity contribution in [1.29, 1.82) is 0 Å². The van der Waals surface area contributed by atoms with Gasteiger partial charge in [-0.1, -0.05) is 0 Å². The van der Waals surface area contributed by atoms with Crippen LogP contribution in [0.5, 0.6) is 5.75 Å². The van der Waals surface area contributed by atoms with Gasteiger partial charge in [0.2, 0.25) is 0 Å². The van der Waals surface area contributed by atoms with Crippen LogP contribution >= 0.6 is 0 Å². The zero-order valence-electron chi connectivity index (χ0n) is 12.7. The maximum absolute atomic E-state index is 13.3. The SMILES string of the molecule is CCOC(=O)C(O)(c1ccc(N(C)C)cc1OC)C(F)(F)F. The van der Waals surface area contributed by atoms with Crippen molar-refractivity contribution in [1.82, 2.24) is 0 Å². The Hall–Kier alpha value is -1.96. The van der Waals surface area contributed by atoms with Crippen molar-refractivity contribution in [3.8, 4) is 5.75 Å². The van der Waals surface area contributed by atoms with Crippen molar-refractivity contribution >= 4 is 11.7 Å². The molecule has 5 nitrogen and oxygen atoms in total. The summed E-state index contributed by atoms with van der Waals surface area (Å²) in [6.07, 6.45) is -5.26. The largest absolute Gasteiger partial charge is 0.496 e. The van der Waals surface area contributed by atoms with E-state index in [0.29, 0.717) is 5.69 Å². The first-order valence-corrected chi connectivity index (χ1v) is 6.41. The Bertz CT molecular complexity index is 545. The summed E-state index contributed by atoms with van der Waals surface area (Å²) in [6.45, 7) is 1.05. The molecule has 0 aromatic heterocycles. The molecule has 0 heterocycles. The number of esters is 1. The van der Waals surface area contributed by atoms with E-state index in [4.69, 9.17) is 4.74 Å². The zero-order chi connectivity index (χ0) is 17.1. The van der Waals surface area contributed by atoms with E-state index < -0.39 is 23.3 Å². The van der Waals surface area contributed by atoms with E-state index in [-0.39, 0.29) is 12.4 Å². The average Bonchev–Trinajstić information content (AvgIpc) is 2.44. The minimum Gasteiger partial charge on any atom is -0.496 e. The number of alkyl halides is 3. The van der Waals surface area contributed by atoms with Gasteiger partial charge >= 0.3 is 12.1 Å². The smallest absolute Gasteiger partial charge is 0.432 e. The van der Waals surface area contributed by atoms with Crippen molar-refractivity contribution in [2.45, 2.75) is 18.7 Å². The molecule has 1 N–H and O–H groups in total. The third-order valence-corrected chi connectivity index (χ3v) is 3.07. The molecular weight excluding hydrogens is 303 g/mol. The molecular formula is C14H18F3NO4. The molecule has 0 bridgehead atoms. The van der Waals surface area contributed by atoms with Gasteiger partial charge in [-0.25, -0.2) is 4.79 Å². The van der Waals surface area contributed by atoms with Crippen LogP contribution in [0.2, 0.25) is 0 Å². The fourth-order valence-electron chi connectivity index (χ4n) is 1.87. The van der Waals surface area contributed by atoms with Crippen molar-refractivity contribution in [3.05, 3.63) is 23.8 Å². The van der Waals surface area contributed by atoms with Crippen LogP contribution in [0.15, 0.2) is 18.2 Å². The second-order valence-corrected chi connectivity index (χ2v) is 4.71. The molecule has 1 atom stereocenters. The number of halogens is 3. The van der Waals surface area contributed by atoms with Crippen LogP contribution in [-0.4, -0.2) is 45.1 Å². The highest BCUT2D eigenvalue weighted by atomic mass is 19.4. The number of hydrogen-bond donors (Lipinski definition) is 1. The monoisotopic (exact) mass is 321 g/mol. The van der Waals surface area contributed by atoms with Gasteiger partial charge in [0.15, 0.2) is 0 Å². The summed E-state index contributed by atoms with van der Waals surface area (Å²) in [5.74, 6) is -2.06. The van der Waals surface area contributed by atoms with Gasteiger partial charge < -0.3 is 19.5 Å². The molecule has 0 fully saturated rings. The lowest BCUT2D eigenvalue weighted by atomic mass is 9.91. The fourth-order valence-corrected chi connectivity index (χ4v) is 1.87. The molecule has 0 radical (unpaired) electrons. The summed E-state index contributed by atoms with van der Waals surface area (Å²) in [7, 11) is 4.53. The van der Waals surface area contributed by atoms with Crippen molar-refractivity contribution < 1.29 is 32.5 Å². The summed E-state index contributed by atoms with van der Waals surface area (Å²) >= 11 is 0. The quantitative estimate of drug-likeness (QED) is 0.842. The fraction of sp³-hybridized carbons (Fsp3) is 0.500. The van der Waals surface area contributed by atoms with Crippen LogP contribution in [0.25, 0.3) is 0 Å². The van der Waals surface area contributed by atoms with E-state index in [1.54, 1.807) is 19.0 Å². The third kappa shape index (κ3) is 3.11. The van der Waals surface area contributed by atoms with Crippen LogP contribution in [0.3, 0.4) is 0 Å². The maximum atomic E-state index is 13.3.